The molecule has 0 radical (unpaired) electrons. The highest BCUT2D eigenvalue weighted by Gasteiger charge is 2.34. The van der Waals surface area contributed by atoms with Crippen molar-refractivity contribution in [3.8, 4) is 11.5 Å². The van der Waals surface area contributed by atoms with Crippen molar-refractivity contribution in [2.75, 3.05) is 33.4 Å². The second kappa shape index (κ2) is 10.3. The van der Waals surface area contributed by atoms with E-state index in [9.17, 15) is 0 Å². The van der Waals surface area contributed by atoms with Crippen molar-refractivity contribution < 1.29 is 14.6 Å². The van der Waals surface area contributed by atoms with Crippen LogP contribution in [0.5, 0.6) is 11.5 Å². The average molecular weight is 364 g/mol. The fourth-order valence-electron chi connectivity index (χ4n) is 3.20. The zero-order valence-corrected chi connectivity index (χ0v) is 16.3. The van der Waals surface area contributed by atoms with Crippen LogP contribution in [-0.4, -0.2) is 44.5 Å². The van der Waals surface area contributed by atoms with E-state index >= 15 is 0 Å². The fraction of sp³-hybridized carbons (Fsp3) is 0.650. The van der Waals surface area contributed by atoms with Gasteiger partial charge in [0.1, 0.15) is 6.61 Å². The number of ether oxygens (including phenoxy) is 2. The molecular formula is C20H33N3O3. The lowest BCUT2D eigenvalue weighted by atomic mass is 9.67. The maximum atomic E-state index is 8.89. The average Bonchev–Trinajstić information content (AvgIpc) is 2.64. The normalized spacial score (nSPS) is 15.9. The summed E-state index contributed by atoms with van der Waals surface area (Å²) < 4.78 is 10.8. The van der Waals surface area contributed by atoms with E-state index in [0.29, 0.717) is 23.5 Å². The van der Waals surface area contributed by atoms with Crippen molar-refractivity contribution in [1.29, 1.82) is 0 Å². The highest BCUT2D eigenvalue weighted by atomic mass is 16.5. The summed E-state index contributed by atoms with van der Waals surface area (Å²) in [5.74, 6) is 2.14. The van der Waals surface area contributed by atoms with Crippen molar-refractivity contribution >= 4 is 5.96 Å². The third-order valence-corrected chi connectivity index (χ3v) is 5.14. The number of aliphatic hydroxyl groups is 1. The van der Waals surface area contributed by atoms with Crippen molar-refractivity contribution in [2.24, 2.45) is 10.4 Å². The molecule has 6 nitrogen and oxygen atoms in total. The molecule has 6 heteroatoms. The van der Waals surface area contributed by atoms with Gasteiger partial charge in [0.15, 0.2) is 17.5 Å². The number of nitrogens with one attached hydrogen (secondary N) is 2. The quantitative estimate of drug-likeness (QED) is 0.440. The lowest BCUT2D eigenvalue weighted by Gasteiger charge is -2.41. The first-order valence-corrected chi connectivity index (χ1v) is 9.59. The van der Waals surface area contributed by atoms with Gasteiger partial charge in [-0.05, 0) is 49.3 Å². The number of methoxy groups -OCH3 is 1. The third kappa shape index (κ3) is 5.53. The Morgan fingerprint density at radius 2 is 2.04 bits per heavy atom. The van der Waals surface area contributed by atoms with Crippen molar-refractivity contribution in [3.05, 3.63) is 23.8 Å². The van der Waals surface area contributed by atoms with Crippen LogP contribution < -0.4 is 20.1 Å². The van der Waals surface area contributed by atoms with Gasteiger partial charge in [-0.3, -0.25) is 0 Å². The summed E-state index contributed by atoms with van der Waals surface area (Å²) in [7, 11) is 1.61. The van der Waals surface area contributed by atoms with Crippen LogP contribution in [0.15, 0.2) is 23.2 Å². The van der Waals surface area contributed by atoms with Crippen LogP contribution in [0, 0.1) is 5.41 Å². The largest absolute Gasteiger partial charge is 0.493 e. The van der Waals surface area contributed by atoms with E-state index in [0.717, 1.165) is 24.6 Å². The molecule has 0 heterocycles. The van der Waals surface area contributed by atoms with E-state index in [1.54, 1.807) is 7.11 Å². The summed E-state index contributed by atoms with van der Waals surface area (Å²) in [4.78, 5) is 4.70. The number of benzene rings is 1. The highest BCUT2D eigenvalue weighted by Crippen LogP contribution is 2.43. The molecule has 2 rings (SSSR count). The van der Waals surface area contributed by atoms with Crippen LogP contribution >= 0.6 is 0 Å². The van der Waals surface area contributed by atoms with Crippen LogP contribution in [-0.2, 0) is 6.54 Å². The van der Waals surface area contributed by atoms with Crippen molar-refractivity contribution in [2.45, 2.75) is 46.1 Å². The standard InChI is InChI=1S/C20H33N3O3/c1-4-20(9-6-10-20)15-23-19(21-5-2)22-14-16-7-8-17(26-12-11-24)18(13-16)25-3/h7-8,13,24H,4-6,9-12,14-15H2,1-3H3,(H2,21,22,23). The van der Waals surface area contributed by atoms with Gasteiger partial charge in [-0.25, -0.2) is 4.99 Å². The lowest BCUT2D eigenvalue weighted by Crippen LogP contribution is -2.46. The molecule has 0 aromatic heterocycles. The minimum atomic E-state index is -0.0217. The van der Waals surface area contributed by atoms with E-state index in [2.05, 4.69) is 24.5 Å². The molecule has 146 valence electrons. The Labute approximate surface area is 157 Å². The number of guanidine groups is 1. The molecule has 1 aromatic carbocycles. The SMILES string of the molecule is CCNC(=NCc1ccc(OCCO)c(OC)c1)NCC1(CC)CCC1. The number of aliphatic hydroxyl groups excluding tert-OH is 1. The number of hydrogen-bond donors (Lipinski definition) is 3. The molecule has 3 N–H and O–H groups in total. The lowest BCUT2D eigenvalue weighted by molar-refractivity contribution is 0.131. The summed E-state index contributed by atoms with van der Waals surface area (Å²) in [6.45, 7) is 6.96. The van der Waals surface area contributed by atoms with Gasteiger partial charge >= 0.3 is 0 Å². The van der Waals surface area contributed by atoms with E-state index in [4.69, 9.17) is 19.6 Å². The van der Waals surface area contributed by atoms with Gasteiger partial charge in [-0.2, -0.15) is 0 Å². The maximum Gasteiger partial charge on any atom is 0.191 e. The Bertz CT molecular complexity index is 580. The molecule has 0 atom stereocenters. The minimum absolute atomic E-state index is 0.0217. The zero-order chi connectivity index (χ0) is 18.8. The molecule has 1 fully saturated rings. The summed E-state index contributed by atoms with van der Waals surface area (Å²) in [5.41, 5.74) is 1.50. The van der Waals surface area contributed by atoms with Crippen LogP contribution in [0.25, 0.3) is 0 Å². The monoisotopic (exact) mass is 363 g/mol. The summed E-state index contributed by atoms with van der Waals surface area (Å²) in [5, 5.41) is 15.7. The molecule has 0 aliphatic heterocycles. The molecule has 1 aliphatic carbocycles. The van der Waals surface area contributed by atoms with Gasteiger partial charge in [-0.1, -0.05) is 19.4 Å². The van der Waals surface area contributed by atoms with Crippen LogP contribution in [0.4, 0.5) is 0 Å². The van der Waals surface area contributed by atoms with Gasteiger partial charge in [0, 0.05) is 13.1 Å². The first-order valence-electron chi connectivity index (χ1n) is 9.59. The van der Waals surface area contributed by atoms with Crippen LogP contribution in [0.2, 0.25) is 0 Å². The molecule has 0 amide bonds. The predicted octanol–water partition coefficient (Wildman–Crippen LogP) is 2.70. The Kier molecular flexibility index (Phi) is 8.04. The second-order valence-electron chi connectivity index (χ2n) is 6.81. The number of rotatable bonds is 10. The molecular weight excluding hydrogens is 330 g/mol. The van der Waals surface area contributed by atoms with Crippen molar-refractivity contribution in [3.63, 3.8) is 0 Å². The van der Waals surface area contributed by atoms with E-state index in [1.165, 1.54) is 25.7 Å². The molecule has 1 aliphatic rings. The topological polar surface area (TPSA) is 75.1 Å². The second-order valence-corrected chi connectivity index (χ2v) is 6.81. The Balaban J connectivity index is 1.99. The molecule has 0 unspecified atom stereocenters. The molecule has 26 heavy (non-hydrogen) atoms. The van der Waals surface area contributed by atoms with E-state index in [1.807, 2.05) is 18.2 Å². The van der Waals surface area contributed by atoms with Gasteiger partial charge < -0.3 is 25.2 Å². The Morgan fingerprint density at radius 1 is 1.23 bits per heavy atom. The molecule has 0 saturated heterocycles. The summed E-state index contributed by atoms with van der Waals surface area (Å²) in [6, 6.07) is 5.77. The summed E-state index contributed by atoms with van der Waals surface area (Å²) in [6.07, 6.45) is 5.17. The predicted molar refractivity (Wildman–Crippen MR) is 105 cm³/mol. The van der Waals surface area contributed by atoms with Crippen LogP contribution in [0.1, 0.15) is 45.1 Å². The Hall–Kier alpha value is -1.95. The number of aliphatic imine (C=N–C) groups is 1. The van der Waals surface area contributed by atoms with Crippen LogP contribution in [0.3, 0.4) is 0 Å². The van der Waals surface area contributed by atoms with Gasteiger partial charge in [0.05, 0.1) is 20.3 Å². The first kappa shape index (κ1) is 20.4. The molecule has 1 saturated carbocycles. The zero-order valence-electron chi connectivity index (χ0n) is 16.3. The smallest absolute Gasteiger partial charge is 0.191 e. The Morgan fingerprint density at radius 3 is 2.62 bits per heavy atom. The molecule has 0 spiro atoms. The van der Waals surface area contributed by atoms with E-state index < -0.39 is 0 Å². The maximum absolute atomic E-state index is 8.89. The van der Waals surface area contributed by atoms with Gasteiger partial charge in [-0.15, -0.1) is 0 Å². The van der Waals surface area contributed by atoms with E-state index in [-0.39, 0.29) is 13.2 Å². The minimum Gasteiger partial charge on any atom is -0.493 e. The number of hydrogen-bond acceptors (Lipinski definition) is 4. The highest BCUT2D eigenvalue weighted by molar-refractivity contribution is 5.79. The molecule has 1 aromatic rings. The van der Waals surface area contributed by atoms with Gasteiger partial charge in [0.25, 0.3) is 0 Å². The molecule has 0 bridgehead atoms. The summed E-state index contributed by atoms with van der Waals surface area (Å²) >= 11 is 0. The number of nitrogens with zero attached hydrogens (tertiary/aromatic N) is 1. The fourth-order valence-corrected chi connectivity index (χ4v) is 3.20. The van der Waals surface area contributed by atoms with Gasteiger partial charge in [0.2, 0.25) is 0 Å². The third-order valence-electron chi connectivity index (χ3n) is 5.14. The van der Waals surface area contributed by atoms with Crippen molar-refractivity contribution in [1.82, 2.24) is 10.6 Å². The first-order chi connectivity index (χ1) is 12.7.